The van der Waals surface area contributed by atoms with Gasteiger partial charge in [0.25, 0.3) is 5.91 Å². The van der Waals surface area contributed by atoms with E-state index in [1.165, 1.54) is 0 Å². The Bertz CT molecular complexity index is 878. The molecule has 0 spiro atoms. The first-order valence-electron chi connectivity index (χ1n) is 8.73. The molecule has 1 aliphatic heterocycles. The second kappa shape index (κ2) is 6.31. The minimum atomic E-state index is -0.0169. The van der Waals surface area contributed by atoms with Crippen molar-refractivity contribution < 1.29 is 4.79 Å². The van der Waals surface area contributed by atoms with Gasteiger partial charge in [-0.1, -0.05) is 0 Å². The molecule has 4 rings (SSSR count). The molecule has 3 aromatic rings. The molecule has 0 radical (unpaired) electrons. The molecule has 0 aliphatic carbocycles. The van der Waals surface area contributed by atoms with Crippen molar-refractivity contribution in [3.05, 3.63) is 47.8 Å². The van der Waals surface area contributed by atoms with Crippen LogP contribution in [0.4, 0.5) is 0 Å². The topological polar surface area (TPSA) is 68.3 Å². The van der Waals surface area contributed by atoms with E-state index in [1.807, 2.05) is 28.8 Å². The first kappa shape index (κ1) is 15.8. The Kier molecular flexibility index (Phi) is 3.99. The van der Waals surface area contributed by atoms with E-state index >= 15 is 0 Å². The summed E-state index contributed by atoms with van der Waals surface area (Å²) in [6.45, 7) is 5.56. The molecule has 1 atom stereocenters. The van der Waals surface area contributed by atoms with Gasteiger partial charge >= 0.3 is 0 Å². The maximum Gasteiger partial charge on any atom is 0.274 e. The van der Waals surface area contributed by atoms with E-state index in [0.29, 0.717) is 11.5 Å². The van der Waals surface area contributed by atoms with Gasteiger partial charge in [0.2, 0.25) is 5.78 Å². The van der Waals surface area contributed by atoms with E-state index in [2.05, 4.69) is 28.1 Å². The second-order valence-electron chi connectivity index (χ2n) is 6.71. The number of hydrogen-bond acceptors (Lipinski definition) is 4. The number of nitrogens with zero attached hydrogens (tertiary/aromatic N) is 6. The number of hydrogen-bond donors (Lipinski definition) is 0. The zero-order chi connectivity index (χ0) is 17.4. The highest BCUT2D eigenvalue weighted by Gasteiger charge is 2.29. The van der Waals surface area contributed by atoms with Gasteiger partial charge in [-0.3, -0.25) is 13.9 Å². The fraction of sp³-hybridized carbons (Fsp3) is 0.444. The summed E-state index contributed by atoms with van der Waals surface area (Å²) in [5.74, 6) is 0.537. The maximum atomic E-state index is 13.1. The Hall–Kier alpha value is -2.70. The molecule has 7 heteroatoms. The van der Waals surface area contributed by atoms with Crippen LogP contribution in [0.2, 0.25) is 0 Å². The molecule has 4 heterocycles. The molecule has 25 heavy (non-hydrogen) atoms. The predicted molar refractivity (Wildman–Crippen MR) is 93.4 cm³/mol. The van der Waals surface area contributed by atoms with Crippen LogP contribution in [0.1, 0.15) is 41.1 Å². The summed E-state index contributed by atoms with van der Waals surface area (Å²) in [6, 6.07) is 4.05. The number of aromatic nitrogens is 5. The summed E-state index contributed by atoms with van der Waals surface area (Å²) < 4.78 is 3.80. The quantitative estimate of drug-likeness (QED) is 0.734. The first-order chi connectivity index (χ1) is 12.1. The van der Waals surface area contributed by atoms with Crippen LogP contribution in [-0.4, -0.2) is 47.5 Å². The van der Waals surface area contributed by atoms with Crippen LogP contribution < -0.4 is 0 Å². The average molecular weight is 338 g/mol. The number of piperidine rings is 1. The van der Waals surface area contributed by atoms with E-state index in [1.54, 1.807) is 16.8 Å². The van der Waals surface area contributed by atoms with Gasteiger partial charge in [0, 0.05) is 30.8 Å². The third-order valence-corrected chi connectivity index (χ3v) is 4.83. The molecule has 130 valence electrons. The minimum absolute atomic E-state index is 0.0169. The van der Waals surface area contributed by atoms with Gasteiger partial charge in [-0.05, 0) is 45.2 Å². The van der Waals surface area contributed by atoms with E-state index in [0.717, 1.165) is 43.7 Å². The van der Waals surface area contributed by atoms with Crippen LogP contribution in [0.5, 0.6) is 0 Å². The van der Waals surface area contributed by atoms with Gasteiger partial charge in [0.05, 0.1) is 18.3 Å². The van der Waals surface area contributed by atoms with Crippen LogP contribution >= 0.6 is 0 Å². The second-order valence-corrected chi connectivity index (χ2v) is 6.71. The zero-order valence-electron chi connectivity index (χ0n) is 14.6. The Morgan fingerprint density at radius 2 is 2.20 bits per heavy atom. The zero-order valence-corrected chi connectivity index (χ0v) is 14.6. The van der Waals surface area contributed by atoms with Crippen molar-refractivity contribution in [3.8, 4) is 0 Å². The largest absolute Gasteiger partial charge is 0.332 e. The van der Waals surface area contributed by atoms with Crippen LogP contribution in [-0.2, 0) is 6.54 Å². The highest BCUT2D eigenvalue weighted by Crippen LogP contribution is 2.21. The van der Waals surface area contributed by atoms with Gasteiger partial charge in [-0.2, -0.15) is 5.10 Å². The lowest BCUT2D eigenvalue weighted by Crippen LogP contribution is -2.46. The smallest absolute Gasteiger partial charge is 0.274 e. The standard InChI is InChI=1S/C18H22N6O/c1-13-10-14(2)24(21-13)11-15-6-3-4-9-23(15)17(25)16-12-22-8-5-7-19-18(22)20-16/h5,7-8,10,12,15H,3-4,6,9,11H2,1-2H3/t15-/m1/s1. The number of likely N-dealkylation sites (tertiary alicyclic amines) is 1. The van der Waals surface area contributed by atoms with Crippen LogP contribution in [0.15, 0.2) is 30.7 Å². The summed E-state index contributed by atoms with van der Waals surface area (Å²) in [5, 5.41) is 4.55. The van der Waals surface area contributed by atoms with Gasteiger partial charge in [0.15, 0.2) is 0 Å². The molecule has 0 N–H and O–H groups in total. The molecule has 7 nitrogen and oxygen atoms in total. The van der Waals surface area contributed by atoms with E-state index < -0.39 is 0 Å². The highest BCUT2D eigenvalue weighted by atomic mass is 16.2. The summed E-state index contributed by atoms with van der Waals surface area (Å²) in [4.78, 5) is 23.6. The van der Waals surface area contributed by atoms with Crippen molar-refractivity contribution in [3.63, 3.8) is 0 Å². The summed E-state index contributed by atoms with van der Waals surface area (Å²) >= 11 is 0. The lowest BCUT2D eigenvalue weighted by molar-refractivity contribution is 0.0577. The van der Waals surface area contributed by atoms with E-state index in [4.69, 9.17) is 0 Å². The molecule has 1 aliphatic rings. The van der Waals surface area contributed by atoms with Gasteiger partial charge < -0.3 is 4.90 Å². The van der Waals surface area contributed by atoms with Crippen LogP contribution in [0.25, 0.3) is 5.78 Å². The molecule has 1 saturated heterocycles. The lowest BCUT2D eigenvalue weighted by Gasteiger charge is -2.35. The molecule has 1 amide bonds. The molecule has 1 fully saturated rings. The van der Waals surface area contributed by atoms with E-state index in [-0.39, 0.29) is 11.9 Å². The Balaban J connectivity index is 1.59. The monoisotopic (exact) mass is 338 g/mol. The number of imidazole rings is 1. The Labute approximate surface area is 146 Å². The molecule has 0 unspecified atom stereocenters. The van der Waals surface area contributed by atoms with E-state index in [9.17, 15) is 4.79 Å². The number of carbonyl (C=O) groups is 1. The maximum absolute atomic E-state index is 13.1. The summed E-state index contributed by atoms with van der Waals surface area (Å²) in [5.41, 5.74) is 2.60. The fourth-order valence-electron chi connectivity index (χ4n) is 3.60. The van der Waals surface area contributed by atoms with Gasteiger partial charge in [0.1, 0.15) is 5.69 Å². The predicted octanol–water partition coefficient (Wildman–Crippen LogP) is 2.24. The summed E-state index contributed by atoms with van der Waals surface area (Å²) in [6.07, 6.45) is 8.47. The van der Waals surface area contributed by atoms with Gasteiger partial charge in [-0.15, -0.1) is 0 Å². The fourth-order valence-corrected chi connectivity index (χ4v) is 3.60. The SMILES string of the molecule is Cc1cc(C)n(C[C@H]2CCCCN2C(=O)c2cn3cccnc3n2)n1. The van der Waals surface area contributed by atoms with Gasteiger partial charge in [-0.25, -0.2) is 9.97 Å². The Morgan fingerprint density at radius 1 is 1.32 bits per heavy atom. The van der Waals surface area contributed by atoms with Crippen LogP contribution in [0, 0.1) is 13.8 Å². The van der Waals surface area contributed by atoms with Crippen LogP contribution in [0.3, 0.4) is 0 Å². The third-order valence-electron chi connectivity index (χ3n) is 4.83. The van der Waals surface area contributed by atoms with Crippen molar-refractivity contribution in [2.24, 2.45) is 0 Å². The molecule has 0 bridgehead atoms. The van der Waals surface area contributed by atoms with Crippen molar-refractivity contribution in [1.82, 2.24) is 29.0 Å². The normalized spacial score (nSPS) is 18.0. The third kappa shape index (κ3) is 3.01. The number of fused-ring (bicyclic) bond motifs is 1. The highest BCUT2D eigenvalue weighted by molar-refractivity contribution is 5.93. The molecular formula is C18H22N6O. The van der Waals surface area contributed by atoms with Crippen molar-refractivity contribution in [1.29, 1.82) is 0 Å². The molecule has 3 aromatic heterocycles. The van der Waals surface area contributed by atoms with Crippen molar-refractivity contribution in [2.75, 3.05) is 6.54 Å². The number of carbonyl (C=O) groups excluding carboxylic acids is 1. The molecule has 0 aromatic carbocycles. The first-order valence-corrected chi connectivity index (χ1v) is 8.73. The Morgan fingerprint density at radius 3 is 2.96 bits per heavy atom. The lowest BCUT2D eigenvalue weighted by atomic mass is 10.0. The molecular weight excluding hydrogens is 316 g/mol. The number of rotatable bonds is 3. The number of amides is 1. The average Bonchev–Trinajstić information content (AvgIpc) is 3.17. The molecule has 0 saturated carbocycles. The minimum Gasteiger partial charge on any atom is -0.332 e. The number of aryl methyl sites for hydroxylation is 2. The van der Waals surface area contributed by atoms with Crippen molar-refractivity contribution >= 4 is 11.7 Å². The summed E-state index contributed by atoms with van der Waals surface area (Å²) in [7, 11) is 0. The van der Waals surface area contributed by atoms with Crippen molar-refractivity contribution in [2.45, 2.75) is 45.7 Å².